The molecule has 0 aromatic rings. The number of ketones is 1. The van der Waals surface area contributed by atoms with E-state index >= 15 is 0 Å². The quantitative estimate of drug-likeness (QED) is 0.425. The molecular weight excluding hydrogens is 378 g/mol. The van der Waals surface area contributed by atoms with Crippen LogP contribution in [0, 0.1) is 0 Å². The molecule has 7 nitrogen and oxygen atoms in total. The van der Waals surface area contributed by atoms with Gasteiger partial charge in [0.15, 0.2) is 0 Å². The van der Waals surface area contributed by atoms with Crippen LogP contribution >= 0.6 is 0 Å². The number of amides is 1. The Balaban J connectivity index is 1.34. The normalized spacial score (nSPS) is 19.8. The van der Waals surface area contributed by atoms with E-state index in [1.165, 1.54) is 0 Å². The molecule has 2 fully saturated rings. The van der Waals surface area contributed by atoms with Gasteiger partial charge in [0, 0.05) is 91.3 Å². The molecule has 1 N–H and O–H groups in total. The van der Waals surface area contributed by atoms with Crippen LogP contribution in [0.4, 0.5) is 0 Å². The fourth-order valence-electron chi connectivity index (χ4n) is 4.10. The van der Waals surface area contributed by atoms with Gasteiger partial charge in [-0.2, -0.15) is 0 Å². The van der Waals surface area contributed by atoms with Gasteiger partial charge in [0.2, 0.25) is 5.91 Å². The van der Waals surface area contributed by atoms with Gasteiger partial charge in [-0.1, -0.05) is 19.3 Å². The van der Waals surface area contributed by atoms with Gasteiger partial charge >= 0.3 is 0 Å². The van der Waals surface area contributed by atoms with Crippen molar-refractivity contribution in [2.45, 2.75) is 51.4 Å². The van der Waals surface area contributed by atoms with Crippen molar-refractivity contribution in [1.29, 1.82) is 0 Å². The average molecular weight is 424 g/mol. The van der Waals surface area contributed by atoms with Crippen molar-refractivity contribution in [1.82, 2.24) is 24.9 Å². The maximum Gasteiger partial charge on any atom is 0.221 e. The Bertz CT molecular complexity index is 442. The highest BCUT2D eigenvalue weighted by atomic mass is 16.1. The number of piperazine rings is 2. The first-order chi connectivity index (χ1) is 14.5. The summed E-state index contributed by atoms with van der Waals surface area (Å²) >= 11 is 0. The van der Waals surface area contributed by atoms with E-state index in [2.05, 4.69) is 39.0 Å². The summed E-state index contributed by atoms with van der Waals surface area (Å²) in [6.45, 7) is 11.4. The molecular formula is C23H45N5O2. The van der Waals surface area contributed by atoms with Gasteiger partial charge in [-0.05, 0) is 26.9 Å². The lowest BCUT2D eigenvalue weighted by Crippen LogP contribution is -2.45. The molecule has 0 aromatic heterocycles. The Morgan fingerprint density at radius 1 is 0.633 bits per heavy atom. The summed E-state index contributed by atoms with van der Waals surface area (Å²) in [6, 6.07) is 0. The summed E-state index contributed by atoms with van der Waals surface area (Å²) < 4.78 is 0. The molecule has 0 bridgehead atoms. The highest BCUT2D eigenvalue weighted by Gasteiger charge is 2.15. The molecule has 0 spiro atoms. The molecule has 0 aliphatic carbocycles. The molecule has 2 heterocycles. The molecule has 2 aliphatic rings. The van der Waals surface area contributed by atoms with Gasteiger partial charge < -0.3 is 24.9 Å². The van der Waals surface area contributed by atoms with Crippen LogP contribution in [0.5, 0.6) is 0 Å². The molecule has 0 saturated carbocycles. The van der Waals surface area contributed by atoms with Crippen molar-refractivity contribution in [2.24, 2.45) is 0 Å². The Morgan fingerprint density at radius 2 is 1.13 bits per heavy atom. The molecule has 2 saturated heterocycles. The zero-order valence-electron chi connectivity index (χ0n) is 19.5. The van der Waals surface area contributed by atoms with E-state index in [1.54, 1.807) is 0 Å². The third-order valence-electron chi connectivity index (χ3n) is 6.51. The Kier molecular flexibility index (Phi) is 12.5. The van der Waals surface area contributed by atoms with Crippen molar-refractivity contribution in [3.8, 4) is 0 Å². The third-order valence-corrected chi connectivity index (χ3v) is 6.51. The van der Waals surface area contributed by atoms with Crippen LogP contribution in [0.3, 0.4) is 0 Å². The van der Waals surface area contributed by atoms with Crippen LogP contribution in [0.1, 0.15) is 51.4 Å². The van der Waals surface area contributed by atoms with Gasteiger partial charge in [0.1, 0.15) is 5.78 Å². The summed E-state index contributed by atoms with van der Waals surface area (Å²) in [5.74, 6) is 0.599. The van der Waals surface area contributed by atoms with Crippen molar-refractivity contribution >= 4 is 11.7 Å². The number of unbranched alkanes of at least 4 members (excludes halogenated alkanes) is 4. The second kappa shape index (κ2) is 14.9. The van der Waals surface area contributed by atoms with E-state index < -0.39 is 0 Å². The topological polar surface area (TPSA) is 59.1 Å². The highest BCUT2D eigenvalue weighted by Crippen LogP contribution is 2.08. The van der Waals surface area contributed by atoms with E-state index in [0.717, 1.165) is 111 Å². The van der Waals surface area contributed by atoms with E-state index in [-0.39, 0.29) is 5.91 Å². The molecule has 0 atom stereocenters. The summed E-state index contributed by atoms with van der Waals surface area (Å²) in [4.78, 5) is 33.5. The van der Waals surface area contributed by atoms with E-state index in [1.807, 2.05) is 0 Å². The zero-order chi connectivity index (χ0) is 21.6. The van der Waals surface area contributed by atoms with Crippen molar-refractivity contribution in [2.75, 3.05) is 86.1 Å². The van der Waals surface area contributed by atoms with E-state index in [9.17, 15) is 9.59 Å². The molecule has 174 valence electrons. The first kappa shape index (κ1) is 25.2. The predicted octanol–water partition coefficient (Wildman–Crippen LogP) is 1.29. The predicted molar refractivity (Wildman–Crippen MR) is 123 cm³/mol. The summed E-state index contributed by atoms with van der Waals surface area (Å²) in [6.07, 6.45) is 7.52. The summed E-state index contributed by atoms with van der Waals surface area (Å²) in [5, 5.41) is 3.05. The molecule has 0 unspecified atom stereocenters. The van der Waals surface area contributed by atoms with E-state index in [0.29, 0.717) is 18.6 Å². The van der Waals surface area contributed by atoms with Crippen molar-refractivity contribution < 1.29 is 9.59 Å². The SMILES string of the molecule is CN1CCN(CCC(=O)CCCCCCCNC(=O)CCN2CCN(C)CC2)CC1. The molecule has 7 heteroatoms. The lowest BCUT2D eigenvalue weighted by Gasteiger charge is -2.32. The smallest absolute Gasteiger partial charge is 0.221 e. The minimum atomic E-state index is 0.180. The second-order valence-electron chi connectivity index (χ2n) is 9.20. The third kappa shape index (κ3) is 11.4. The van der Waals surface area contributed by atoms with E-state index in [4.69, 9.17) is 0 Å². The Labute approximate surface area is 184 Å². The van der Waals surface area contributed by atoms with Crippen molar-refractivity contribution in [3.05, 3.63) is 0 Å². The number of Topliss-reactive ketones (excluding diaryl/α,β-unsaturated/α-hetero) is 1. The number of nitrogens with zero attached hydrogens (tertiary/aromatic N) is 4. The Morgan fingerprint density at radius 3 is 1.73 bits per heavy atom. The maximum atomic E-state index is 12.1. The highest BCUT2D eigenvalue weighted by molar-refractivity contribution is 5.78. The molecule has 1 amide bonds. The summed E-state index contributed by atoms with van der Waals surface area (Å²) in [7, 11) is 4.31. The number of nitrogens with one attached hydrogen (secondary N) is 1. The van der Waals surface area contributed by atoms with Crippen LogP contribution in [0.15, 0.2) is 0 Å². The van der Waals surface area contributed by atoms with Gasteiger partial charge in [-0.3, -0.25) is 9.59 Å². The van der Waals surface area contributed by atoms with Crippen LogP contribution in [0.25, 0.3) is 0 Å². The monoisotopic (exact) mass is 423 g/mol. The van der Waals surface area contributed by atoms with Gasteiger partial charge in [0.25, 0.3) is 0 Å². The summed E-state index contributed by atoms with van der Waals surface area (Å²) in [5.41, 5.74) is 0. The number of carbonyl (C=O) groups excluding carboxylic acids is 2. The average Bonchev–Trinajstić information content (AvgIpc) is 2.74. The molecule has 2 aliphatic heterocycles. The molecule has 0 radical (unpaired) electrons. The molecule has 30 heavy (non-hydrogen) atoms. The van der Waals surface area contributed by atoms with Gasteiger partial charge in [0.05, 0.1) is 0 Å². The molecule has 0 aromatic carbocycles. The first-order valence-electron chi connectivity index (χ1n) is 12.1. The number of hydrogen-bond acceptors (Lipinski definition) is 6. The first-order valence-corrected chi connectivity index (χ1v) is 12.1. The number of rotatable bonds is 14. The van der Waals surface area contributed by atoms with Gasteiger partial charge in [-0.15, -0.1) is 0 Å². The lowest BCUT2D eigenvalue weighted by atomic mass is 10.1. The maximum absolute atomic E-state index is 12.1. The second-order valence-corrected chi connectivity index (χ2v) is 9.20. The fourth-order valence-corrected chi connectivity index (χ4v) is 4.10. The van der Waals surface area contributed by atoms with Crippen LogP contribution in [-0.2, 0) is 9.59 Å². The van der Waals surface area contributed by atoms with Crippen LogP contribution in [-0.4, -0.2) is 117 Å². The van der Waals surface area contributed by atoms with Gasteiger partial charge in [-0.25, -0.2) is 0 Å². The number of likely N-dealkylation sites (N-methyl/N-ethyl adjacent to an activating group) is 2. The minimum absolute atomic E-state index is 0.180. The fraction of sp³-hybridized carbons (Fsp3) is 0.913. The van der Waals surface area contributed by atoms with Crippen molar-refractivity contribution in [3.63, 3.8) is 0 Å². The standard InChI is InChI=1S/C23H45N5O2/c1-25-14-18-27(19-15-25)12-9-22(29)8-6-4-3-5-7-11-24-23(30)10-13-28-20-16-26(2)17-21-28/h3-21H2,1-2H3,(H,24,30). The Hall–Kier alpha value is -1.02. The largest absolute Gasteiger partial charge is 0.356 e. The zero-order valence-corrected chi connectivity index (χ0v) is 19.5. The molecule has 2 rings (SSSR count). The number of carbonyl (C=O) groups is 2. The number of hydrogen-bond donors (Lipinski definition) is 1. The minimum Gasteiger partial charge on any atom is -0.356 e. The van der Waals surface area contributed by atoms with Crippen LogP contribution in [0.2, 0.25) is 0 Å². The lowest BCUT2D eigenvalue weighted by molar-refractivity contribution is -0.121. The van der Waals surface area contributed by atoms with Crippen LogP contribution < -0.4 is 5.32 Å².